The van der Waals surface area contributed by atoms with Gasteiger partial charge in [-0.15, -0.1) is 0 Å². The van der Waals surface area contributed by atoms with E-state index in [9.17, 15) is 14.4 Å². The van der Waals surface area contributed by atoms with Crippen molar-refractivity contribution in [3.05, 3.63) is 94.5 Å². The number of imide groups is 1. The highest BCUT2D eigenvalue weighted by molar-refractivity contribution is 6.22. The second kappa shape index (κ2) is 7.59. The molecule has 6 nitrogen and oxygen atoms in total. The summed E-state index contributed by atoms with van der Waals surface area (Å²) < 4.78 is 5.74. The van der Waals surface area contributed by atoms with Crippen LogP contribution in [0.2, 0.25) is 0 Å². The highest BCUT2D eigenvalue weighted by Gasteiger charge is 2.26. The summed E-state index contributed by atoms with van der Waals surface area (Å²) in [5.74, 6) is -0.400. The third-order valence-electron chi connectivity index (χ3n) is 4.64. The Morgan fingerprint density at radius 1 is 0.897 bits per heavy atom. The van der Waals surface area contributed by atoms with E-state index in [1.807, 2.05) is 43.3 Å². The molecule has 0 radical (unpaired) electrons. The normalized spacial score (nSPS) is 12.3. The lowest BCUT2D eigenvalue weighted by Crippen LogP contribution is -2.19. The zero-order valence-corrected chi connectivity index (χ0v) is 15.7. The van der Waals surface area contributed by atoms with Gasteiger partial charge in [-0.3, -0.25) is 19.7 Å². The molecule has 3 aromatic carbocycles. The van der Waals surface area contributed by atoms with Gasteiger partial charge < -0.3 is 10.1 Å². The van der Waals surface area contributed by atoms with Crippen molar-refractivity contribution in [3.63, 3.8) is 0 Å². The van der Waals surface area contributed by atoms with Crippen molar-refractivity contribution >= 4 is 23.4 Å². The quantitative estimate of drug-likeness (QED) is 0.655. The molecule has 0 bridgehead atoms. The molecule has 3 aromatic rings. The van der Waals surface area contributed by atoms with Crippen molar-refractivity contribution in [1.82, 2.24) is 5.32 Å². The van der Waals surface area contributed by atoms with Gasteiger partial charge in [0.15, 0.2) is 0 Å². The summed E-state index contributed by atoms with van der Waals surface area (Å²) in [7, 11) is 0. The molecule has 6 heteroatoms. The summed E-state index contributed by atoms with van der Waals surface area (Å²) in [4.78, 5) is 35.8. The van der Waals surface area contributed by atoms with Crippen LogP contribution < -0.4 is 15.4 Å². The summed E-state index contributed by atoms with van der Waals surface area (Å²) in [6.07, 6.45) is 0. The third-order valence-corrected chi connectivity index (χ3v) is 4.64. The molecule has 0 aromatic heterocycles. The first-order valence-electron chi connectivity index (χ1n) is 9.09. The third kappa shape index (κ3) is 4.01. The number of amides is 3. The van der Waals surface area contributed by atoms with Gasteiger partial charge in [-0.2, -0.15) is 0 Å². The van der Waals surface area contributed by atoms with Crippen LogP contribution in [0.4, 0.5) is 5.69 Å². The van der Waals surface area contributed by atoms with Crippen molar-refractivity contribution in [2.45, 2.75) is 13.5 Å². The minimum absolute atomic E-state index is 0.261. The molecule has 0 fully saturated rings. The number of hydrogen-bond acceptors (Lipinski definition) is 4. The molecule has 0 atom stereocenters. The number of fused-ring (bicyclic) bond motifs is 1. The molecule has 3 amide bonds. The molecule has 2 N–H and O–H groups in total. The molecule has 0 aliphatic carbocycles. The highest BCUT2D eigenvalue weighted by Crippen LogP contribution is 2.21. The van der Waals surface area contributed by atoms with Gasteiger partial charge in [-0.25, -0.2) is 0 Å². The van der Waals surface area contributed by atoms with Gasteiger partial charge in [-0.05, 0) is 55.0 Å². The fourth-order valence-electron chi connectivity index (χ4n) is 3.00. The molecular weight excluding hydrogens is 368 g/mol. The SMILES string of the molecule is Cc1ccc(OCc2ccc(C(=O)Nc3ccc4c(c3)C(=O)NC4=O)cc2)cc1. The van der Waals surface area contributed by atoms with E-state index in [2.05, 4.69) is 10.6 Å². The highest BCUT2D eigenvalue weighted by atomic mass is 16.5. The summed E-state index contributed by atoms with van der Waals surface area (Å²) >= 11 is 0. The number of anilines is 1. The second-order valence-corrected chi connectivity index (χ2v) is 6.80. The first kappa shape index (κ1) is 18.4. The van der Waals surface area contributed by atoms with E-state index in [1.54, 1.807) is 18.2 Å². The number of benzene rings is 3. The van der Waals surface area contributed by atoms with Crippen LogP contribution in [0.5, 0.6) is 5.75 Å². The number of rotatable bonds is 5. The van der Waals surface area contributed by atoms with E-state index >= 15 is 0 Å². The minimum atomic E-state index is -0.459. The van der Waals surface area contributed by atoms with Crippen LogP contribution in [0.3, 0.4) is 0 Å². The molecule has 0 spiro atoms. The molecule has 1 aliphatic heterocycles. The van der Waals surface area contributed by atoms with E-state index in [4.69, 9.17) is 4.74 Å². The van der Waals surface area contributed by atoms with Crippen LogP contribution in [0.25, 0.3) is 0 Å². The van der Waals surface area contributed by atoms with Crippen LogP contribution in [0, 0.1) is 6.92 Å². The van der Waals surface area contributed by atoms with Crippen LogP contribution in [-0.4, -0.2) is 17.7 Å². The summed E-state index contributed by atoms with van der Waals surface area (Å²) in [5.41, 5.74) is 3.61. The minimum Gasteiger partial charge on any atom is -0.489 e. The molecule has 4 rings (SSSR count). The van der Waals surface area contributed by atoms with Crippen molar-refractivity contribution in [1.29, 1.82) is 0 Å². The molecule has 0 unspecified atom stereocenters. The Labute approximate surface area is 167 Å². The Morgan fingerprint density at radius 2 is 1.59 bits per heavy atom. The summed E-state index contributed by atoms with van der Waals surface area (Å²) in [6, 6.07) is 19.5. The summed E-state index contributed by atoms with van der Waals surface area (Å²) in [5, 5.41) is 4.97. The van der Waals surface area contributed by atoms with E-state index in [0.29, 0.717) is 23.4 Å². The number of nitrogens with one attached hydrogen (secondary N) is 2. The van der Waals surface area contributed by atoms with Crippen LogP contribution in [-0.2, 0) is 6.61 Å². The smallest absolute Gasteiger partial charge is 0.259 e. The first-order chi connectivity index (χ1) is 14.0. The zero-order valence-electron chi connectivity index (χ0n) is 15.7. The van der Waals surface area contributed by atoms with Gasteiger partial charge in [0.25, 0.3) is 17.7 Å². The number of carbonyl (C=O) groups excluding carboxylic acids is 3. The predicted octanol–water partition coefficient (Wildman–Crippen LogP) is 3.71. The monoisotopic (exact) mass is 386 g/mol. The zero-order chi connectivity index (χ0) is 20.4. The Bertz CT molecular complexity index is 1100. The average molecular weight is 386 g/mol. The Hall–Kier alpha value is -3.93. The second-order valence-electron chi connectivity index (χ2n) is 6.80. The van der Waals surface area contributed by atoms with E-state index < -0.39 is 11.8 Å². The average Bonchev–Trinajstić information content (AvgIpc) is 3.01. The number of carbonyl (C=O) groups is 3. The topological polar surface area (TPSA) is 84.5 Å². The maximum Gasteiger partial charge on any atom is 0.259 e. The molecule has 0 saturated heterocycles. The first-order valence-corrected chi connectivity index (χ1v) is 9.09. The molecular formula is C23H18N2O4. The number of hydrogen-bond donors (Lipinski definition) is 2. The van der Waals surface area contributed by atoms with Crippen molar-refractivity contribution in [3.8, 4) is 5.75 Å². The number of ether oxygens (including phenoxy) is 1. The van der Waals surface area contributed by atoms with Gasteiger partial charge in [0, 0.05) is 11.3 Å². The molecule has 144 valence electrons. The van der Waals surface area contributed by atoms with Crippen molar-refractivity contribution in [2.24, 2.45) is 0 Å². The maximum atomic E-state index is 12.5. The Balaban J connectivity index is 1.39. The Kier molecular flexibility index (Phi) is 4.83. The van der Waals surface area contributed by atoms with Gasteiger partial charge >= 0.3 is 0 Å². The van der Waals surface area contributed by atoms with Gasteiger partial charge in [0.05, 0.1) is 11.1 Å². The fraction of sp³-hybridized carbons (Fsp3) is 0.0870. The molecule has 0 saturated carbocycles. The largest absolute Gasteiger partial charge is 0.489 e. The van der Waals surface area contributed by atoms with Gasteiger partial charge in [0.1, 0.15) is 12.4 Å². The predicted molar refractivity (Wildman–Crippen MR) is 108 cm³/mol. The van der Waals surface area contributed by atoms with E-state index in [0.717, 1.165) is 11.3 Å². The van der Waals surface area contributed by atoms with Crippen molar-refractivity contribution < 1.29 is 19.1 Å². The van der Waals surface area contributed by atoms with E-state index in [1.165, 1.54) is 17.7 Å². The molecule has 1 aliphatic rings. The lowest BCUT2D eigenvalue weighted by molar-refractivity contribution is 0.0878. The van der Waals surface area contributed by atoms with Crippen LogP contribution >= 0.6 is 0 Å². The molecule has 1 heterocycles. The fourth-order valence-corrected chi connectivity index (χ4v) is 3.00. The lowest BCUT2D eigenvalue weighted by Gasteiger charge is -2.09. The van der Waals surface area contributed by atoms with Crippen LogP contribution in [0.15, 0.2) is 66.7 Å². The standard InChI is InChI=1S/C23H18N2O4/c1-14-2-9-18(10-3-14)29-13-15-4-6-16(7-5-15)21(26)24-17-8-11-19-20(12-17)23(28)25-22(19)27/h2-12H,13H2,1H3,(H,24,26)(H,25,27,28). The summed E-state index contributed by atoms with van der Waals surface area (Å²) in [6.45, 7) is 2.42. The maximum absolute atomic E-state index is 12.5. The van der Waals surface area contributed by atoms with Crippen LogP contribution in [0.1, 0.15) is 42.2 Å². The van der Waals surface area contributed by atoms with Crippen molar-refractivity contribution in [2.75, 3.05) is 5.32 Å². The molecule has 29 heavy (non-hydrogen) atoms. The van der Waals surface area contributed by atoms with E-state index in [-0.39, 0.29) is 11.5 Å². The van der Waals surface area contributed by atoms with Gasteiger partial charge in [-0.1, -0.05) is 29.8 Å². The lowest BCUT2D eigenvalue weighted by atomic mass is 10.1. The number of aryl methyl sites for hydroxylation is 1. The Morgan fingerprint density at radius 3 is 2.31 bits per heavy atom. The van der Waals surface area contributed by atoms with Gasteiger partial charge in [0.2, 0.25) is 0 Å².